The molecule has 0 saturated heterocycles. The summed E-state index contributed by atoms with van der Waals surface area (Å²) in [6.07, 6.45) is 0.414. The first kappa shape index (κ1) is 13.9. The number of nitrogens with two attached hydrogens (primary N) is 1. The molecule has 0 aromatic heterocycles. The molecule has 0 bridgehead atoms. The van der Waals surface area contributed by atoms with Gasteiger partial charge >= 0.3 is 0 Å². The molecule has 0 atom stereocenters. The molecular weight excluding hydrogens is 234 g/mol. The van der Waals surface area contributed by atoms with Gasteiger partial charge in [0.25, 0.3) is 5.69 Å². The number of nitro groups is 1. The average molecular weight is 249 g/mol. The second kappa shape index (κ2) is 6.54. The van der Waals surface area contributed by atoms with Crippen LogP contribution in [0, 0.1) is 21.4 Å². The van der Waals surface area contributed by atoms with Crippen LogP contribution in [0.5, 0.6) is 0 Å². The fourth-order valence-electron chi connectivity index (χ4n) is 1.65. The largest absolute Gasteiger partial charge is 0.318 e. The summed E-state index contributed by atoms with van der Waals surface area (Å²) in [4.78, 5) is 12.3. The minimum atomic E-state index is -0.478. The van der Waals surface area contributed by atoms with E-state index in [1.54, 1.807) is 12.1 Å². The van der Waals surface area contributed by atoms with Gasteiger partial charge in [-0.25, -0.2) is 0 Å². The molecule has 0 aliphatic rings. The molecule has 0 spiro atoms. The van der Waals surface area contributed by atoms with Crippen LogP contribution in [0.15, 0.2) is 18.2 Å². The Morgan fingerprint density at radius 2 is 2.33 bits per heavy atom. The van der Waals surface area contributed by atoms with Gasteiger partial charge in [-0.05, 0) is 12.6 Å². The van der Waals surface area contributed by atoms with E-state index in [2.05, 4.69) is 11.5 Å². The molecule has 1 rings (SSSR count). The summed E-state index contributed by atoms with van der Waals surface area (Å²) in [6.45, 7) is 1.09. The zero-order valence-corrected chi connectivity index (χ0v) is 10.1. The predicted octanol–water partition coefficient (Wildman–Crippen LogP) is 1.23. The number of nitro benzene ring substituents is 1. The van der Waals surface area contributed by atoms with Crippen molar-refractivity contribution in [3.05, 3.63) is 33.9 Å². The number of nitrogen functional groups attached to an aromatic ring is 1. The van der Waals surface area contributed by atoms with Crippen molar-refractivity contribution < 1.29 is 4.92 Å². The van der Waals surface area contributed by atoms with E-state index >= 15 is 0 Å². The normalized spacial score (nSPS) is 10.1. The lowest BCUT2D eigenvalue weighted by molar-refractivity contribution is -0.384. The molecule has 7 heteroatoms. The molecule has 1 aromatic carbocycles. The first-order valence-corrected chi connectivity index (χ1v) is 5.38. The number of rotatable bonds is 6. The summed E-state index contributed by atoms with van der Waals surface area (Å²) < 4.78 is 0. The first-order valence-electron chi connectivity index (χ1n) is 5.38. The number of nitrogens with zero attached hydrogens (tertiary/aromatic N) is 3. The number of nitriles is 1. The van der Waals surface area contributed by atoms with Crippen LogP contribution < -0.4 is 11.3 Å². The number of para-hydroxylation sites is 1. The van der Waals surface area contributed by atoms with Crippen molar-refractivity contribution in [1.82, 2.24) is 4.90 Å². The standard InChI is InChI=1S/C11H15N5O2/c1-15(7-3-6-12)8-9-4-2-5-10(16(17)18)11(9)14-13/h2,4-5,14H,3,7-8,13H2,1H3. The first-order chi connectivity index (χ1) is 8.60. The average Bonchev–Trinajstić information content (AvgIpc) is 2.35. The smallest absolute Gasteiger partial charge is 0.293 e. The van der Waals surface area contributed by atoms with Gasteiger partial charge in [-0.15, -0.1) is 0 Å². The molecule has 0 unspecified atom stereocenters. The van der Waals surface area contributed by atoms with Crippen molar-refractivity contribution in [2.45, 2.75) is 13.0 Å². The molecule has 0 fully saturated rings. The molecule has 3 N–H and O–H groups in total. The lowest BCUT2D eigenvalue weighted by atomic mass is 10.1. The van der Waals surface area contributed by atoms with E-state index in [9.17, 15) is 10.1 Å². The third-order valence-electron chi connectivity index (χ3n) is 2.52. The van der Waals surface area contributed by atoms with Crippen molar-refractivity contribution in [3.63, 3.8) is 0 Å². The minimum Gasteiger partial charge on any atom is -0.318 e. The SMILES string of the molecule is CN(CCC#N)Cc1cccc([N+](=O)[O-])c1NN. The number of hydrazine groups is 1. The Bertz CT molecular complexity index is 469. The molecule has 0 aliphatic carbocycles. The van der Waals surface area contributed by atoms with Crippen molar-refractivity contribution in [2.75, 3.05) is 19.0 Å². The fraction of sp³-hybridized carbons (Fsp3) is 0.364. The highest BCUT2D eigenvalue weighted by molar-refractivity contribution is 5.65. The number of hydrogen-bond donors (Lipinski definition) is 2. The minimum absolute atomic E-state index is 0.0521. The van der Waals surface area contributed by atoms with Gasteiger partial charge in [-0.2, -0.15) is 5.26 Å². The molecule has 7 nitrogen and oxygen atoms in total. The summed E-state index contributed by atoms with van der Waals surface area (Å²) >= 11 is 0. The lowest BCUT2D eigenvalue weighted by Crippen LogP contribution is -2.21. The van der Waals surface area contributed by atoms with Gasteiger partial charge in [0, 0.05) is 25.6 Å². The number of benzene rings is 1. The highest BCUT2D eigenvalue weighted by atomic mass is 16.6. The van der Waals surface area contributed by atoms with Crippen LogP contribution in [0.25, 0.3) is 0 Å². The molecule has 0 radical (unpaired) electrons. The Balaban J connectivity index is 2.92. The fourth-order valence-corrected chi connectivity index (χ4v) is 1.65. The Hall–Kier alpha value is -2.17. The summed E-state index contributed by atoms with van der Waals surface area (Å²) in [5, 5.41) is 19.3. The van der Waals surface area contributed by atoms with E-state index in [0.29, 0.717) is 25.2 Å². The third kappa shape index (κ3) is 3.41. The monoisotopic (exact) mass is 249 g/mol. The highest BCUT2D eigenvalue weighted by Gasteiger charge is 2.17. The van der Waals surface area contributed by atoms with E-state index in [1.807, 2.05) is 11.9 Å². The second-order valence-electron chi connectivity index (χ2n) is 3.86. The molecular formula is C11H15N5O2. The van der Waals surface area contributed by atoms with Crippen LogP contribution in [-0.2, 0) is 6.54 Å². The van der Waals surface area contributed by atoms with Crippen LogP contribution >= 0.6 is 0 Å². The maximum atomic E-state index is 10.8. The molecule has 0 saturated carbocycles. The zero-order valence-electron chi connectivity index (χ0n) is 10.1. The molecule has 1 aromatic rings. The van der Waals surface area contributed by atoms with Crippen molar-refractivity contribution in [1.29, 1.82) is 5.26 Å². The Labute approximate surface area is 105 Å². The van der Waals surface area contributed by atoms with Crippen molar-refractivity contribution >= 4 is 11.4 Å². The third-order valence-corrected chi connectivity index (χ3v) is 2.52. The lowest BCUT2D eigenvalue weighted by Gasteiger charge is -2.17. The van der Waals surface area contributed by atoms with E-state index in [0.717, 1.165) is 5.56 Å². The van der Waals surface area contributed by atoms with Crippen LogP contribution in [0.2, 0.25) is 0 Å². The van der Waals surface area contributed by atoms with E-state index in [4.69, 9.17) is 11.1 Å². The van der Waals surface area contributed by atoms with Gasteiger partial charge in [-0.1, -0.05) is 12.1 Å². The summed E-state index contributed by atoms with van der Waals surface area (Å²) in [5.74, 6) is 5.34. The van der Waals surface area contributed by atoms with Crippen molar-refractivity contribution in [2.24, 2.45) is 5.84 Å². The maximum absolute atomic E-state index is 10.8. The van der Waals surface area contributed by atoms with Crippen LogP contribution in [0.1, 0.15) is 12.0 Å². The van der Waals surface area contributed by atoms with Crippen LogP contribution in [-0.4, -0.2) is 23.4 Å². The van der Waals surface area contributed by atoms with Crippen LogP contribution in [0.4, 0.5) is 11.4 Å². The molecule has 0 amide bonds. The van der Waals surface area contributed by atoms with Gasteiger partial charge in [0.2, 0.25) is 0 Å². The number of anilines is 1. The van der Waals surface area contributed by atoms with Crippen molar-refractivity contribution in [3.8, 4) is 6.07 Å². The molecule has 96 valence electrons. The second-order valence-corrected chi connectivity index (χ2v) is 3.86. The molecule has 18 heavy (non-hydrogen) atoms. The van der Waals surface area contributed by atoms with Crippen LogP contribution in [0.3, 0.4) is 0 Å². The van der Waals surface area contributed by atoms with E-state index < -0.39 is 4.92 Å². The summed E-state index contributed by atoms with van der Waals surface area (Å²) in [6, 6.07) is 6.84. The van der Waals surface area contributed by atoms with Gasteiger partial charge in [0.05, 0.1) is 11.0 Å². The zero-order chi connectivity index (χ0) is 13.5. The van der Waals surface area contributed by atoms with Gasteiger partial charge < -0.3 is 10.3 Å². The van der Waals surface area contributed by atoms with E-state index in [-0.39, 0.29) is 5.69 Å². The molecule has 0 heterocycles. The quantitative estimate of drug-likeness (QED) is 0.446. The predicted molar refractivity (Wildman–Crippen MR) is 67.5 cm³/mol. The van der Waals surface area contributed by atoms with Gasteiger partial charge in [-0.3, -0.25) is 16.0 Å². The summed E-state index contributed by atoms with van der Waals surface area (Å²) in [7, 11) is 1.84. The van der Waals surface area contributed by atoms with E-state index in [1.165, 1.54) is 6.07 Å². The van der Waals surface area contributed by atoms with Gasteiger partial charge in [0.15, 0.2) is 0 Å². The number of nitrogens with one attached hydrogen (secondary N) is 1. The maximum Gasteiger partial charge on any atom is 0.293 e. The van der Waals surface area contributed by atoms with Gasteiger partial charge in [0.1, 0.15) is 5.69 Å². The number of hydrogen-bond acceptors (Lipinski definition) is 6. The molecule has 0 aliphatic heterocycles. The highest BCUT2D eigenvalue weighted by Crippen LogP contribution is 2.27. The summed E-state index contributed by atoms with van der Waals surface area (Å²) in [5.41, 5.74) is 3.36. The Morgan fingerprint density at radius 1 is 1.61 bits per heavy atom. The Kier molecular flexibility index (Phi) is 5.05. The topological polar surface area (TPSA) is 108 Å². The Morgan fingerprint density at radius 3 is 2.89 bits per heavy atom.